The zero-order valence-corrected chi connectivity index (χ0v) is 29.9. The first-order chi connectivity index (χ1) is 25.5. The fraction of sp³-hybridized carbons (Fsp3) is 0.0909. The van der Waals surface area contributed by atoms with E-state index in [9.17, 15) is 0 Å². The highest BCUT2D eigenvalue weighted by Crippen LogP contribution is 2.57. The molecular formula is C44H32Cl2N4O2. The summed E-state index contributed by atoms with van der Waals surface area (Å²) in [7, 11) is 3.23. The highest BCUT2D eigenvalue weighted by atomic mass is 35.5. The molecule has 0 saturated heterocycles. The molecule has 0 aromatic heterocycles. The van der Waals surface area contributed by atoms with Crippen LogP contribution in [0.15, 0.2) is 178 Å². The second kappa shape index (κ2) is 13.7. The number of aliphatic imine (C=N–C) groups is 4. The van der Waals surface area contributed by atoms with Gasteiger partial charge >= 0.3 is 0 Å². The summed E-state index contributed by atoms with van der Waals surface area (Å²) in [5.41, 5.74) is 4.12. The first kappa shape index (κ1) is 33.3. The van der Waals surface area contributed by atoms with E-state index in [1.807, 2.05) is 158 Å². The van der Waals surface area contributed by atoms with Crippen LogP contribution in [0.3, 0.4) is 0 Å². The molecule has 1 atom stereocenters. The molecule has 0 saturated carbocycles. The van der Waals surface area contributed by atoms with Gasteiger partial charge in [-0.15, -0.1) is 0 Å². The lowest BCUT2D eigenvalue weighted by Gasteiger charge is -2.39. The van der Waals surface area contributed by atoms with E-state index in [2.05, 4.69) is 0 Å². The lowest BCUT2D eigenvalue weighted by Crippen LogP contribution is -2.43. The largest absolute Gasteiger partial charge is 0.493 e. The Labute approximate surface area is 312 Å². The molecule has 6 nitrogen and oxygen atoms in total. The third kappa shape index (κ3) is 5.52. The Bertz CT molecular complexity index is 2350. The Hall–Kier alpha value is -5.82. The maximum atomic E-state index is 7.24. The van der Waals surface area contributed by atoms with Gasteiger partial charge in [-0.3, -0.25) is 0 Å². The molecule has 1 unspecified atom stereocenters. The standard InChI is InChI=1S/C44H32Cl2N4O2/c1-51-37-27-26-32(28-38(37)52-2)42-41(31-20-10-5-11-21-31)49-44(50-42,34-23-13-15-25-36(34)46)43(33-22-12-14-24-35(33)45)47-39(29-16-6-3-7-17-29)40(48-43)30-18-8-4-9-19-30/h3-28H,1-2H3. The summed E-state index contributed by atoms with van der Waals surface area (Å²) >= 11 is 14.5. The van der Waals surface area contributed by atoms with Gasteiger partial charge in [-0.2, -0.15) is 0 Å². The number of nitrogens with zero attached hydrogens (tertiary/aromatic N) is 4. The van der Waals surface area contributed by atoms with Crippen molar-refractivity contribution in [2.45, 2.75) is 11.3 Å². The maximum Gasteiger partial charge on any atom is 0.227 e. The molecule has 2 aliphatic heterocycles. The summed E-state index contributed by atoms with van der Waals surface area (Å²) in [4.78, 5) is 22.7. The van der Waals surface area contributed by atoms with Gasteiger partial charge in [0.15, 0.2) is 11.5 Å². The van der Waals surface area contributed by atoms with Crippen LogP contribution in [0.25, 0.3) is 0 Å². The predicted molar refractivity (Wildman–Crippen MR) is 211 cm³/mol. The van der Waals surface area contributed by atoms with Crippen molar-refractivity contribution in [1.29, 1.82) is 0 Å². The van der Waals surface area contributed by atoms with E-state index in [1.54, 1.807) is 14.2 Å². The molecule has 52 heavy (non-hydrogen) atoms. The number of ether oxygens (including phenoxy) is 2. The summed E-state index contributed by atoms with van der Waals surface area (Å²) in [6, 6.07) is 51.0. The Morgan fingerprint density at radius 2 is 0.731 bits per heavy atom. The molecule has 0 spiro atoms. The molecule has 0 amide bonds. The molecule has 254 valence electrons. The Morgan fingerprint density at radius 3 is 1.10 bits per heavy atom. The minimum absolute atomic E-state index is 0.460. The lowest BCUT2D eigenvalue weighted by molar-refractivity contribution is 0.257. The van der Waals surface area contributed by atoms with Crippen LogP contribution in [0.5, 0.6) is 11.5 Å². The number of hydrogen-bond acceptors (Lipinski definition) is 6. The molecular weight excluding hydrogens is 687 g/mol. The zero-order valence-electron chi connectivity index (χ0n) is 28.4. The van der Waals surface area contributed by atoms with Gasteiger partial charge in [-0.1, -0.05) is 151 Å². The molecule has 2 heterocycles. The van der Waals surface area contributed by atoms with Crippen molar-refractivity contribution < 1.29 is 9.47 Å². The van der Waals surface area contributed by atoms with E-state index in [0.29, 0.717) is 55.5 Å². The average Bonchev–Trinajstić information content (AvgIpc) is 3.82. The third-order valence-electron chi connectivity index (χ3n) is 9.33. The van der Waals surface area contributed by atoms with E-state index in [-0.39, 0.29) is 0 Å². The van der Waals surface area contributed by atoms with Gasteiger partial charge < -0.3 is 9.47 Å². The van der Waals surface area contributed by atoms with Crippen molar-refractivity contribution in [3.63, 3.8) is 0 Å². The molecule has 0 radical (unpaired) electrons. The Morgan fingerprint density at radius 1 is 0.385 bits per heavy atom. The summed E-state index contributed by atoms with van der Waals surface area (Å²) in [5.74, 6) is 1.15. The van der Waals surface area contributed by atoms with Crippen molar-refractivity contribution in [1.82, 2.24) is 0 Å². The van der Waals surface area contributed by atoms with Crippen molar-refractivity contribution in [3.8, 4) is 11.5 Å². The summed E-state index contributed by atoms with van der Waals surface area (Å²) in [6.07, 6.45) is 0. The molecule has 6 aromatic rings. The highest BCUT2D eigenvalue weighted by molar-refractivity contribution is 6.56. The molecule has 8 heteroatoms. The predicted octanol–water partition coefficient (Wildman–Crippen LogP) is 10.0. The SMILES string of the molecule is COc1ccc(C2=NC(c3ccccc3Cl)(C3(c4ccccc4Cl)N=C(c4ccccc4)C(c4ccccc4)=N3)N=C2c2ccccc2)cc1OC. The fourth-order valence-corrected chi connectivity index (χ4v) is 7.44. The molecule has 2 aliphatic rings. The van der Waals surface area contributed by atoms with Crippen molar-refractivity contribution in [2.24, 2.45) is 20.0 Å². The fourth-order valence-electron chi connectivity index (χ4n) is 6.90. The van der Waals surface area contributed by atoms with E-state index >= 15 is 0 Å². The zero-order chi connectivity index (χ0) is 35.7. The Balaban J connectivity index is 1.55. The lowest BCUT2D eigenvalue weighted by atomic mass is 9.82. The number of rotatable bonds is 9. The van der Waals surface area contributed by atoms with Gasteiger partial charge in [-0.25, -0.2) is 20.0 Å². The summed E-state index contributed by atoms with van der Waals surface area (Å²) in [6.45, 7) is 0. The van der Waals surface area contributed by atoms with Crippen LogP contribution in [0.4, 0.5) is 0 Å². The van der Waals surface area contributed by atoms with Crippen molar-refractivity contribution >= 4 is 46.0 Å². The minimum atomic E-state index is -1.58. The van der Waals surface area contributed by atoms with Gasteiger partial charge in [0.25, 0.3) is 0 Å². The number of halogens is 2. The maximum absolute atomic E-state index is 7.24. The first-order valence-electron chi connectivity index (χ1n) is 16.8. The van der Waals surface area contributed by atoms with Crippen molar-refractivity contribution in [3.05, 3.63) is 201 Å². The van der Waals surface area contributed by atoms with Crippen LogP contribution in [0, 0.1) is 0 Å². The van der Waals surface area contributed by atoms with E-state index in [4.69, 9.17) is 52.6 Å². The van der Waals surface area contributed by atoms with Gasteiger partial charge in [-0.05, 0) is 30.3 Å². The molecule has 0 fully saturated rings. The number of benzene rings is 6. The summed E-state index contributed by atoms with van der Waals surface area (Å²) < 4.78 is 11.4. The van der Waals surface area contributed by atoms with Gasteiger partial charge in [0.2, 0.25) is 11.3 Å². The van der Waals surface area contributed by atoms with Gasteiger partial charge in [0, 0.05) is 43.4 Å². The molecule has 8 rings (SSSR count). The summed E-state index contributed by atoms with van der Waals surface area (Å²) in [5, 5.41) is 0.927. The third-order valence-corrected chi connectivity index (χ3v) is 9.99. The smallest absolute Gasteiger partial charge is 0.227 e. The van der Waals surface area contributed by atoms with Crippen molar-refractivity contribution in [2.75, 3.05) is 14.2 Å². The first-order valence-corrected chi connectivity index (χ1v) is 17.5. The molecule has 0 aliphatic carbocycles. The second-order valence-electron chi connectivity index (χ2n) is 12.3. The number of methoxy groups -OCH3 is 2. The number of hydrogen-bond donors (Lipinski definition) is 0. The quantitative estimate of drug-likeness (QED) is 0.149. The van der Waals surface area contributed by atoms with Crippen LogP contribution in [0.2, 0.25) is 10.0 Å². The van der Waals surface area contributed by atoms with Gasteiger partial charge in [0.1, 0.15) is 0 Å². The molecule has 0 bridgehead atoms. The van der Waals surface area contributed by atoms with Crippen LogP contribution in [-0.4, -0.2) is 37.1 Å². The second-order valence-corrected chi connectivity index (χ2v) is 13.1. The van der Waals surface area contributed by atoms with E-state index in [1.165, 1.54) is 0 Å². The molecule has 0 N–H and O–H groups in total. The minimum Gasteiger partial charge on any atom is -0.493 e. The van der Waals surface area contributed by atoms with Crippen LogP contribution in [-0.2, 0) is 11.3 Å². The van der Waals surface area contributed by atoms with Crippen LogP contribution < -0.4 is 9.47 Å². The average molecular weight is 720 g/mol. The van der Waals surface area contributed by atoms with E-state index in [0.717, 1.165) is 22.3 Å². The van der Waals surface area contributed by atoms with Crippen LogP contribution in [0.1, 0.15) is 33.4 Å². The van der Waals surface area contributed by atoms with Gasteiger partial charge in [0.05, 0.1) is 37.1 Å². The van der Waals surface area contributed by atoms with E-state index < -0.39 is 11.3 Å². The van der Waals surface area contributed by atoms with Crippen LogP contribution >= 0.6 is 23.2 Å². The highest BCUT2D eigenvalue weighted by Gasteiger charge is 2.61. The molecule has 6 aromatic carbocycles. The monoisotopic (exact) mass is 718 g/mol. The Kier molecular flexibility index (Phi) is 8.79. The normalized spacial score (nSPS) is 17.5. The topological polar surface area (TPSA) is 67.9 Å².